The van der Waals surface area contributed by atoms with Gasteiger partial charge in [0, 0.05) is 24.2 Å². The minimum absolute atomic E-state index is 0.0859. The van der Waals surface area contributed by atoms with E-state index in [-0.39, 0.29) is 5.91 Å². The van der Waals surface area contributed by atoms with Gasteiger partial charge in [-0.3, -0.25) is 9.52 Å². The number of nitrogens with one attached hydrogen (secondary N) is 1. The van der Waals surface area contributed by atoms with E-state index in [9.17, 15) is 18.3 Å². The SMILES string of the molecule is Cc1ccc(C(=O)N2CCC(c3ccc(C#CC(C)(C)O)cc3)CC2)cc1NS(C)(=O)=O. The number of nitrogens with zero attached hydrogens (tertiary/aromatic N) is 1. The summed E-state index contributed by atoms with van der Waals surface area (Å²) < 4.78 is 25.6. The van der Waals surface area contributed by atoms with Crippen LogP contribution in [-0.2, 0) is 10.0 Å². The summed E-state index contributed by atoms with van der Waals surface area (Å²) in [5.74, 6) is 6.08. The molecule has 0 aliphatic carbocycles. The molecule has 0 radical (unpaired) electrons. The molecular weight excluding hydrogens is 424 g/mol. The molecule has 1 aliphatic rings. The third kappa shape index (κ3) is 6.59. The molecule has 32 heavy (non-hydrogen) atoms. The lowest BCUT2D eigenvalue weighted by atomic mass is 9.88. The largest absolute Gasteiger partial charge is 0.378 e. The highest BCUT2D eigenvalue weighted by molar-refractivity contribution is 7.92. The van der Waals surface area contributed by atoms with Crippen LogP contribution < -0.4 is 4.72 Å². The van der Waals surface area contributed by atoms with Crippen molar-refractivity contribution in [3.05, 3.63) is 64.7 Å². The fourth-order valence-electron chi connectivity index (χ4n) is 3.73. The van der Waals surface area contributed by atoms with Crippen LogP contribution in [0.2, 0.25) is 0 Å². The summed E-state index contributed by atoms with van der Waals surface area (Å²) in [4.78, 5) is 14.8. The number of anilines is 1. The molecular formula is C25H30N2O4S. The van der Waals surface area contributed by atoms with E-state index in [2.05, 4.69) is 28.7 Å². The van der Waals surface area contributed by atoms with Gasteiger partial charge in [-0.05, 0) is 74.9 Å². The van der Waals surface area contributed by atoms with Crippen LogP contribution in [-0.4, -0.2) is 49.3 Å². The van der Waals surface area contributed by atoms with Gasteiger partial charge in [0.05, 0.1) is 11.9 Å². The first-order valence-electron chi connectivity index (χ1n) is 10.6. The van der Waals surface area contributed by atoms with Gasteiger partial charge in [-0.2, -0.15) is 0 Å². The molecule has 1 aliphatic heterocycles. The Balaban J connectivity index is 1.64. The predicted octanol–water partition coefficient (Wildman–Crippen LogP) is 3.51. The van der Waals surface area contributed by atoms with E-state index in [1.54, 1.807) is 39.0 Å². The number of sulfonamides is 1. The summed E-state index contributed by atoms with van der Waals surface area (Å²) in [7, 11) is -3.41. The minimum atomic E-state index is -3.41. The molecule has 1 amide bonds. The van der Waals surface area contributed by atoms with Crippen LogP contribution in [0.4, 0.5) is 5.69 Å². The van der Waals surface area contributed by atoms with Crippen LogP contribution >= 0.6 is 0 Å². The van der Waals surface area contributed by atoms with Gasteiger partial charge in [-0.15, -0.1) is 0 Å². The smallest absolute Gasteiger partial charge is 0.253 e. The van der Waals surface area contributed by atoms with Crippen LogP contribution in [0.5, 0.6) is 0 Å². The number of aliphatic hydroxyl groups is 1. The van der Waals surface area contributed by atoms with Gasteiger partial charge < -0.3 is 10.0 Å². The van der Waals surface area contributed by atoms with Gasteiger partial charge in [0.2, 0.25) is 10.0 Å². The third-order valence-corrected chi connectivity index (χ3v) is 6.05. The van der Waals surface area contributed by atoms with Crippen molar-refractivity contribution in [3.8, 4) is 11.8 Å². The molecule has 6 nitrogen and oxygen atoms in total. The number of rotatable bonds is 4. The molecule has 2 N–H and O–H groups in total. The molecule has 170 valence electrons. The molecule has 2 aromatic rings. The zero-order chi connectivity index (χ0) is 23.5. The van der Waals surface area contributed by atoms with Crippen molar-refractivity contribution in [2.24, 2.45) is 0 Å². The zero-order valence-corrected chi connectivity index (χ0v) is 19.8. The van der Waals surface area contributed by atoms with Gasteiger partial charge in [0.1, 0.15) is 5.60 Å². The van der Waals surface area contributed by atoms with Crippen molar-refractivity contribution in [3.63, 3.8) is 0 Å². The summed E-state index contributed by atoms with van der Waals surface area (Å²) in [5.41, 5.74) is 2.75. The number of carbonyl (C=O) groups excluding carboxylic acids is 1. The van der Waals surface area contributed by atoms with Crippen LogP contribution in [0.3, 0.4) is 0 Å². The maximum absolute atomic E-state index is 13.0. The Labute approximate surface area is 190 Å². The zero-order valence-electron chi connectivity index (χ0n) is 19.0. The first-order valence-corrected chi connectivity index (χ1v) is 12.5. The first kappa shape index (κ1) is 23.8. The highest BCUT2D eigenvalue weighted by Gasteiger charge is 2.25. The number of hydrogen-bond donors (Lipinski definition) is 2. The molecule has 1 fully saturated rings. The second-order valence-corrected chi connectivity index (χ2v) is 10.6. The van der Waals surface area contributed by atoms with Gasteiger partial charge in [0.25, 0.3) is 5.91 Å². The summed E-state index contributed by atoms with van der Waals surface area (Å²) in [5, 5.41) is 9.73. The Hall–Kier alpha value is -2.82. The Morgan fingerprint density at radius 2 is 1.75 bits per heavy atom. The topological polar surface area (TPSA) is 86.7 Å². The molecule has 0 unspecified atom stereocenters. The van der Waals surface area contributed by atoms with E-state index in [0.29, 0.717) is 30.3 Å². The van der Waals surface area contributed by atoms with Gasteiger partial charge >= 0.3 is 0 Å². The van der Waals surface area contributed by atoms with Crippen molar-refractivity contribution in [2.45, 2.75) is 45.1 Å². The number of hydrogen-bond acceptors (Lipinski definition) is 4. The lowest BCUT2D eigenvalue weighted by molar-refractivity contribution is 0.0713. The Kier molecular flexibility index (Phi) is 6.97. The van der Waals surface area contributed by atoms with Crippen molar-refractivity contribution in [1.82, 2.24) is 4.90 Å². The Morgan fingerprint density at radius 3 is 2.31 bits per heavy atom. The number of benzene rings is 2. The summed E-state index contributed by atoms with van der Waals surface area (Å²) in [6.07, 6.45) is 2.82. The summed E-state index contributed by atoms with van der Waals surface area (Å²) in [6, 6.07) is 13.2. The van der Waals surface area contributed by atoms with Gasteiger partial charge in [-0.1, -0.05) is 30.0 Å². The Morgan fingerprint density at radius 1 is 1.12 bits per heavy atom. The summed E-state index contributed by atoms with van der Waals surface area (Å²) in [6.45, 7) is 6.40. The first-order chi connectivity index (χ1) is 14.9. The molecule has 1 heterocycles. The van der Waals surface area contributed by atoms with E-state index in [4.69, 9.17) is 0 Å². The van der Waals surface area contributed by atoms with E-state index in [0.717, 1.165) is 30.2 Å². The second kappa shape index (κ2) is 9.35. The van der Waals surface area contributed by atoms with Gasteiger partial charge in [0.15, 0.2) is 0 Å². The number of piperidine rings is 1. The highest BCUT2D eigenvalue weighted by Crippen LogP contribution is 2.29. The second-order valence-electron chi connectivity index (χ2n) is 8.90. The molecule has 7 heteroatoms. The average molecular weight is 455 g/mol. The third-order valence-electron chi connectivity index (χ3n) is 5.46. The molecule has 0 saturated carbocycles. The van der Waals surface area contributed by atoms with Crippen molar-refractivity contribution in [1.29, 1.82) is 0 Å². The van der Waals surface area contributed by atoms with E-state index >= 15 is 0 Å². The van der Waals surface area contributed by atoms with Crippen LogP contribution in [0.25, 0.3) is 0 Å². The van der Waals surface area contributed by atoms with Gasteiger partial charge in [-0.25, -0.2) is 8.42 Å². The van der Waals surface area contributed by atoms with Crippen molar-refractivity contribution >= 4 is 21.6 Å². The van der Waals surface area contributed by atoms with Crippen molar-refractivity contribution in [2.75, 3.05) is 24.1 Å². The standard InChI is InChI=1S/C25H30N2O4S/c1-18-5-8-22(17-23(18)26-32(4,30)31)24(28)27-15-12-21(13-16-27)20-9-6-19(7-10-20)11-14-25(2,3)29/h5-10,17,21,26,29H,12-13,15-16H2,1-4H3. The molecule has 0 bridgehead atoms. The lowest BCUT2D eigenvalue weighted by Crippen LogP contribution is -2.38. The number of carbonyl (C=O) groups is 1. The monoisotopic (exact) mass is 454 g/mol. The summed E-state index contributed by atoms with van der Waals surface area (Å²) >= 11 is 0. The van der Waals surface area contributed by atoms with E-state index in [1.807, 2.05) is 17.0 Å². The van der Waals surface area contributed by atoms with Crippen LogP contribution in [0.1, 0.15) is 59.7 Å². The molecule has 2 aromatic carbocycles. The molecule has 0 spiro atoms. The molecule has 1 saturated heterocycles. The number of likely N-dealkylation sites (tertiary alicyclic amines) is 1. The maximum Gasteiger partial charge on any atom is 0.253 e. The molecule has 0 aromatic heterocycles. The minimum Gasteiger partial charge on any atom is -0.378 e. The fraction of sp³-hybridized carbons (Fsp3) is 0.400. The fourth-order valence-corrected chi connectivity index (χ4v) is 4.35. The lowest BCUT2D eigenvalue weighted by Gasteiger charge is -2.32. The molecule has 3 rings (SSSR count). The normalized spacial score (nSPS) is 15.1. The van der Waals surface area contributed by atoms with E-state index < -0.39 is 15.6 Å². The average Bonchev–Trinajstić information content (AvgIpc) is 2.72. The quantitative estimate of drug-likeness (QED) is 0.692. The van der Waals surface area contributed by atoms with Crippen molar-refractivity contribution < 1.29 is 18.3 Å². The predicted molar refractivity (Wildman–Crippen MR) is 127 cm³/mol. The highest BCUT2D eigenvalue weighted by atomic mass is 32.2. The van der Waals surface area contributed by atoms with Crippen LogP contribution in [0, 0.1) is 18.8 Å². The Bertz CT molecular complexity index is 1150. The van der Waals surface area contributed by atoms with Crippen LogP contribution in [0.15, 0.2) is 42.5 Å². The molecule has 0 atom stereocenters. The number of aryl methyl sites for hydroxylation is 1. The van der Waals surface area contributed by atoms with E-state index in [1.165, 1.54) is 5.56 Å². The maximum atomic E-state index is 13.0. The number of amides is 1.